The van der Waals surface area contributed by atoms with Crippen LogP contribution in [0.1, 0.15) is 29.5 Å². The third-order valence-electron chi connectivity index (χ3n) is 3.44. The smallest absolute Gasteiger partial charge is 0.158 e. The minimum atomic E-state index is 0.345. The fourth-order valence-corrected chi connectivity index (χ4v) is 2.60. The molecular weight excluding hydrogens is 190 g/mol. The van der Waals surface area contributed by atoms with Gasteiger partial charge in [0.25, 0.3) is 0 Å². The molecule has 0 saturated carbocycles. The molecule has 4 heteroatoms. The normalized spacial score (nSPS) is 26.9. The predicted molar refractivity (Wildman–Crippen MR) is 56.8 cm³/mol. The summed E-state index contributed by atoms with van der Waals surface area (Å²) < 4.78 is 5.49. The van der Waals surface area contributed by atoms with Gasteiger partial charge in [-0.15, -0.1) is 0 Å². The molecule has 4 nitrogen and oxygen atoms in total. The molecule has 1 aromatic heterocycles. The van der Waals surface area contributed by atoms with Crippen LogP contribution in [0.2, 0.25) is 0 Å². The number of aryl methyl sites for hydroxylation is 1. The van der Waals surface area contributed by atoms with E-state index in [1.54, 1.807) is 0 Å². The summed E-state index contributed by atoms with van der Waals surface area (Å²) in [5.74, 6) is 1.09. The zero-order valence-corrected chi connectivity index (χ0v) is 9.12. The van der Waals surface area contributed by atoms with Crippen LogP contribution in [0.15, 0.2) is 4.52 Å². The van der Waals surface area contributed by atoms with Crippen LogP contribution >= 0.6 is 0 Å². The van der Waals surface area contributed by atoms with Crippen LogP contribution in [-0.2, 0) is 12.8 Å². The highest BCUT2D eigenvalue weighted by atomic mass is 16.5. The van der Waals surface area contributed by atoms with Crippen molar-refractivity contribution in [2.45, 2.75) is 25.3 Å². The van der Waals surface area contributed by atoms with Crippen molar-refractivity contribution in [2.75, 3.05) is 26.7 Å². The fraction of sp³-hybridized carbons (Fsp3) is 0.727. The van der Waals surface area contributed by atoms with Crippen molar-refractivity contribution in [3.8, 4) is 0 Å². The van der Waals surface area contributed by atoms with E-state index in [0.717, 1.165) is 38.2 Å². The summed E-state index contributed by atoms with van der Waals surface area (Å²) >= 11 is 0. The number of hydrogen-bond acceptors (Lipinski definition) is 4. The lowest BCUT2D eigenvalue weighted by Crippen LogP contribution is -2.43. The summed E-state index contributed by atoms with van der Waals surface area (Å²) in [6.07, 6.45) is 3.49. The Balaban J connectivity index is 1.85. The van der Waals surface area contributed by atoms with Gasteiger partial charge in [-0.2, -0.15) is 0 Å². The van der Waals surface area contributed by atoms with E-state index >= 15 is 0 Å². The van der Waals surface area contributed by atoms with Crippen LogP contribution < -0.4 is 5.32 Å². The van der Waals surface area contributed by atoms with Gasteiger partial charge in [0.15, 0.2) is 5.76 Å². The van der Waals surface area contributed by atoms with Crippen LogP contribution in [0, 0.1) is 0 Å². The van der Waals surface area contributed by atoms with Crippen LogP contribution in [0.5, 0.6) is 0 Å². The number of aromatic nitrogens is 1. The number of fused-ring (bicyclic) bond motifs is 1. The average Bonchev–Trinajstić information content (AvgIpc) is 2.77. The number of piperazine rings is 1. The highest BCUT2D eigenvalue weighted by Gasteiger charge is 2.28. The van der Waals surface area contributed by atoms with Crippen molar-refractivity contribution < 1.29 is 4.52 Å². The van der Waals surface area contributed by atoms with Gasteiger partial charge < -0.3 is 14.7 Å². The maximum Gasteiger partial charge on any atom is 0.158 e. The lowest BCUT2D eigenvalue weighted by molar-refractivity contribution is 0.211. The first-order valence-electron chi connectivity index (χ1n) is 5.74. The Morgan fingerprint density at radius 1 is 1.47 bits per heavy atom. The highest BCUT2D eigenvalue weighted by Crippen LogP contribution is 2.29. The first-order chi connectivity index (χ1) is 7.34. The summed E-state index contributed by atoms with van der Waals surface area (Å²) in [4.78, 5) is 2.34. The molecule has 1 N–H and O–H groups in total. The van der Waals surface area contributed by atoms with Gasteiger partial charge in [0.05, 0.1) is 11.7 Å². The van der Waals surface area contributed by atoms with Gasteiger partial charge >= 0.3 is 0 Å². The standard InChI is InChI=1S/C11H17N3O/c1-14-6-5-12-10(7-14)11-8-3-2-4-9(8)13-15-11/h10,12H,2-7H2,1H3. The Hall–Kier alpha value is -0.870. The zero-order valence-electron chi connectivity index (χ0n) is 9.12. The fourth-order valence-electron chi connectivity index (χ4n) is 2.60. The van der Waals surface area contributed by atoms with Crippen molar-refractivity contribution in [3.05, 3.63) is 17.0 Å². The lowest BCUT2D eigenvalue weighted by atomic mass is 10.1. The lowest BCUT2D eigenvalue weighted by Gasteiger charge is -2.29. The number of nitrogens with zero attached hydrogens (tertiary/aromatic N) is 2. The molecule has 1 aliphatic heterocycles. The van der Waals surface area contributed by atoms with Crippen molar-refractivity contribution in [3.63, 3.8) is 0 Å². The van der Waals surface area contributed by atoms with E-state index in [2.05, 4.69) is 22.4 Å². The molecule has 1 aromatic rings. The van der Waals surface area contributed by atoms with E-state index < -0.39 is 0 Å². The molecule has 1 saturated heterocycles. The Labute approximate surface area is 89.6 Å². The molecule has 15 heavy (non-hydrogen) atoms. The second-order valence-electron chi connectivity index (χ2n) is 4.59. The van der Waals surface area contributed by atoms with E-state index in [0.29, 0.717) is 6.04 Å². The Kier molecular flexibility index (Phi) is 2.25. The highest BCUT2D eigenvalue weighted by molar-refractivity contribution is 5.29. The van der Waals surface area contributed by atoms with Crippen molar-refractivity contribution >= 4 is 0 Å². The number of nitrogens with one attached hydrogen (secondary N) is 1. The van der Waals surface area contributed by atoms with Crippen LogP contribution in [0.25, 0.3) is 0 Å². The van der Waals surface area contributed by atoms with E-state index in [1.165, 1.54) is 17.7 Å². The van der Waals surface area contributed by atoms with E-state index in [-0.39, 0.29) is 0 Å². The molecule has 1 unspecified atom stereocenters. The summed E-state index contributed by atoms with van der Waals surface area (Å²) in [6.45, 7) is 3.19. The van der Waals surface area contributed by atoms with Crippen LogP contribution in [0.3, 0.4) is 0 Å². The summed E-state index contributed by atoms with van der Waals surface area (Å²) in [6, 6.07) is 0.345. The Bertz CT molecular complexity index is 361. The van der Waals surface area contributed by atoms with Crippen LogP contribution in [-0.4, -0.2) is 36.7 Å². The molecule has 0 aromatic carbocycles. The van der Waals surface area contributed by atoms with Crippen molar-refractivity contribution in [1.82, 2.24) is 15.4 Å². The second-order valence-corrected chi connectivity index (χ2v) is 4.59. The van der Waals surface area contributed by atoms with E-state index in [9.17, 15) is 0 Å². The molecule has 2 aliphatic rings. The number of rotatable bonds is 1. The molecule has 2 heterocycles. The maximum absolute atomic E-state index is 5.49. The molecule has 1 aliphatic carbocycles. The predicted octanol–water partition coefficient (Wildman–Crippen LogP) is 0.739. The van der Waals surface area contributed by atoms with Gasteiger partial charge in [0.1, 0.15) is 0 Å². The first-order valence-corrected chi connectivity index (χ1v) is 5.74. The molecular formula is C11H17N3O. The molecule has 82 valence electrons. The first kappa shape index (κ1) is 9.36. The van der Waals surface area contributed by atoms with Crippen molar-refractivity contribution in [2.24, 2.45) is 0 Å². The monoisotopic (exact) mass is 207 g/mol. The topological polar surface area (TPSA) is 41.3 Å². The molecule has 1 atom stereocenters. The summed E-state index contributed by atoms with van der Waals surface area (Å²) in [5.41, 5.74) is 2.57. The quantitative estimate of drug-likeness (QED) is 0.737. The molecule has 0 spiro atoms. The van der Waals surface area contributed by atoms with Gasteiger partial charge in [0, 0.05) is 25.2 Å². The Morgan fingerprint density at radius 2 is 2.40 bits per heavy atom. The van der Waals surface area contributed by atoms with Gasteiger partial charge in [-0.1, -0.05) is 5.16 Å². The molecule has 3 rings (SSSR count). The molecule has 0 radical (unpaired) electrons. The SMILES string of the molecule is CN1CCNC(c2onc3c2CCC3)C1. The van der Waals surface area contributed by atoms with Gasteiger partial charge in [0.2, 0.25) is 0 Å². The second kappa shape index (κ2) is 3.61. The average molecular weight is 207 g/mol. The minimum Gasteiger partial charge on any atom is -0.359 e. The van der Waals surface area contributed by atoms with Gasteiger partial charge in [-0.25, -0.2) is 0 Å². The zero-order chi connectivity index (χ0) is 10.3. The van der Waals surface area contributed by atoms with E-state index in [1.807, 2.05) is 0 Å². The molecule has 0 bridgehead atoms. The van der Waals surface area contributed by atoms with Gasteiger partial charge in [-0.05, 0) is 26.3 Å². The van der Waals surface area contributed by atoms with Crippen molar-refractivity contribution in [1.29, 1.82) is 0 Å². The maximum atomic E-state index is 5.49. The summed E-state index contributed by atoms with van der Waals surface area (Å²) in [5, 5.41) is 7.67. The third-order valence-corrected chi connectivity index (χ3v) is 3.44. The summed E-state index contributed by atoms with van der Waals surface area (Å²) in [7, 11) is 2.16. The Morgan fingerprint density at radius 3 is 3.27 bits per heavy atom. The molecule has 0 amide bonds. The van der Waals surface area contributed by atoms with Crippen LogP contribution in [0.4, 0.5) is 0 Å². The minimum absolute atomic E-state index is 0.345. The van der Waals surface area contributed by atoms with E-state index in [4.69, 9.17) is 4.52 Å². The third kappa shape index (κ3) is 1.58. The molecule has 1 fully saturated rings. The number of likely N-dealkylation sites (N-methyl/N-ethyl adjacent to an activating group) is 1. The largest absolute Gasteiger partial charge is 0.359 e. The number of hydrogen-bond donors (Lipinski definition) is 1. The van der Waals surface area contributed by atoms with Gasteiger partial charge in [-0.3, -0.25) is 0 Å².